The second kappa shape index (κ2) is 6.74. The van der Waals surface area contributed by atoms with Crippen LogP contribution in [0.1, 0.15) is 11.1 Å². The standard InChI is InChI=1S/C17H14F3NO3/c18-17(19,20)14(22)21-16(15(23)24,13-9-5-2-6-10-13)11-12-7-3-1-4-8-12/h1-10H,11H2,(H,21,22)(H,23,24). The molecular weight excluding hydrogens is 323 g/mol. The van der Waals surface area contributed by atoms with E-state index in [0.29, 0.717) is 5.56 Å². The van der Waals surface area contributed by atoms with Gasteiger partial charge in [-0.15, -0.1) is 0 Å². The van der Waals surface area contributed by atoms with Crippen LogP contribution in [0.25, 0.3) is 0 Å². The highest BCUT2D eigenvalue weighted by atomic mass is 19.4. The minimum absolute atomic E-state index is 0.0546. The summed E-state index contributed by atoms with van der Waals surface area (Å²) in [7, 11) is 0. The highest BCUT2D eigenvalue weighted by Gasteiger charge is 2.48. The average Bonchev–Trinajstić information content (AvgIpc) is 2.54. The molecule has 2 rings (SSSR count). The van der Waals surface area contributed by atoms with Crippen molar-refractivity contribution in [3.8, 4) is 0 Å². The normalized spacial score (nSPS) is 13.8. The van der Waals surface area contributed by atoms with Crippen LogP contribution >= 0.6 is 0 Å². The fourth-order valence-electron chi connectivity index (χ4n) is 2.36. The minimum Gasteiger partial charge on any atom is -0.479 e. The molecule has 4 nitrogen and oxygen atoms in total. The summed E-state index contributed by atoms with van der Waals surface area (Å²) in [6.45, 7) is 0. The van der Waals surface area contributed by atoms with Crippen molar-refractivity contribution < 1.29 is 27.9 Å². The molecule has 2 N–H and O–H groups in total. The number of carboxylic acid groups (broad SMARTS) is 1. The Bertz CT molecular complexity index is 717. The molecule has 0 aliphatic carbocycles. The van der Waals surface area contributed by atoms with Gasteiger partial charge in [0.05, 0.1) is 0 Å². The molecule has 126 valence electrons. The molecule has 7 heteroatoms. The number of carbonyl (C=O) groups is 2. The van der Waals surface area contributed by atoms with Gasteiger partial charge in [-0.1, -0.05) is 60.7 Å². The first kappa shape index (κ1) is 17.5. The lowest BCUT2D eigenvalue weighted by Crippen LogP contribution is -2.56. The van der Waals surface area contributed by atoms with Crippen molar-refractivity contribution in [3.63, 3.8) is 0 Å². The van der Waals surface area contributed by atoms with Crippen molar-refractivity contribution in [3.05, 3.63) is 71.8 Å². The van der Waals surface area contributed by atoms with Crippen molar-refractivity contribution in [2.45, 2.75) is 18.1 Å². The van der Waals surface area contributed by atoms with E-state index in [-0.39, 0.29) is 12.0 Å². The van der Waals surface area contributed by atoms with Crippen LogP contribution in [0.5, 0.6) is 0 Å². The molecule has 1 amide bonds. The van der Waals surface area contributed by atoms with Gasteiger partial charge in [0.2, 0.25) is 0 Å². The first-order valence-electron chi connectivity index (χ1n) is 6.98. The van der Waals surface area contributed by atoms with E-state index < -0.39 is 23.6 Å². The van der Waals surface area contributed by atoms with Crippen LogP contribution in [0.4, 0.5) is 13.2 Å². The van der Waals surface area contributed by atoms with Crippen LogP contribution in [0.2, 0.25) is 0 Å². The van der Waals surface area contributed by atoms with Crippen molar-refractivity contribution in [1.82, 2.24) is 5.32 Å². The highest BCUT2D eigenvalue weighted by Crippen LogP contribution is 2.28. The zero-order valence-electron chi connectivity index (χ0n) is 12.4. The number of rotatable bonds is 5. The average molecular weight is 337 g/mol. The second-order valence-corrected chi connectivity index (χ2v) is 5.19. The van der Waals surface area contributed by atoms with Gasteiger partial charge in [0.1, 0.15) is 0 Å². The summed E-state index contributed by atoms with van der Waals surface area (Å²) in [5.41, 5.74) is -1.69. The van der Waals surface area contributed by atoms with Crippen molar-refractivity contribution >= 4 is 11.9 Å². The maximum atomic E-state index is 12.7. The Kier molecular flexibility index (Phi) is 4.92. The molecule has 0 aliphatic rings. The van der Waals surface area contributed by atoms with E-state index in [4.69, 9.17) is 0 Å². The van der Waals surface area contributed by atoms with E-state index in [1.807, 2.05) is 0 Å². The molecule has 0 fully saturated rings. The molecule has 0 heterocycles. The zero-order valence-corrected chi connectivity index (χ0v) is 12.4. The van der Waals surface area contributed by atoms with Crippen LogP contribution in [0, 0.1) is 0 Å². The van der Waals surface area contributed by atoms with Gasteiger partial charge in [-0.2, -0.15) is 13.2 Å². The second-order valence-electron chi connectivity index (χ2n) is 5.19. The Morgan fingerprint density at radius 1 is 0.917 bits per heavy atom. The molecule has 0 saturated carbocycles. The van der Waals surface area contributed by atoms with E-state index in [2.05, 4.69) is 0 Å². The summed E-state index contributed by atoms with van der Waals surface area (Å²) in [4.78, 5) is 23.4. The Labute approximate surface area is 135 Å². The van der Waals surface area contributed by atoms with E-state index in [0.717, 1.165) is 0 Å². The van der Waals surface area contributed by atoms with E-state index in [1.54, 1.807) is 41.7 Å². The van der Waals surface area contributed by atoms with Gasteiger partial charge >= 0.3 is 18.1 Å². The monoisotopic (exact) mass is 337 g/mol. The molecule has 2 aromatic carbocycles. The molecule has 1 atom stereocenters. The van der Waals surface area contributed by atoms with Crippen LogP contribution in [-0.2, 0) is 21.5 Å². The SMILES string of the molecule is O=C(NC(Cc1ccccc1)(C(=O)O)c1ccccc1)C(F)(F)F. The van der Waals surface area contributed by atoms with Gasteiger partial charge in [0.15, 0.2) is 5.54 Å². The summed E-state index contributed by atoms with van der Waals surface area (Å²) in [5.74, 6) is -3.88. The molecule has 1 unspecified atom stereocenters. The first-order valence-corrected chi connectivity index (χ1v) is 6.98. The third kappa shape index (κ3) is 3.73. The molecule has 24 heavy (non-hydrogen) atoms. The Hall–Kier alpha value is -2.83. The Morgan fingerprint density at radius 2 is 1.42 bits per heavy atom. The Balaban J connectivity index is 2.53. The number of amides is 1. The van der Waals surface area contributed by atoms with Crippen LogP contribution in [0.3, 0.4) is 0 Å². The molecule has 0 saturated heterocycles. The number of hydrogen-bond donors (Lipinski definition) is 2. The van der Waals surface area contributed by atoms with Gasteiger partial charge in [0.25, 0.3) is 0 Å². The third-order valence-electron chi connectivity index (χ3n) is 3.53. The Morgan fingerprint density at radius 3 is 1.88 bits per heavy atom. The molecule has 0 radical (unpaired) electrons. The summed E-state index contributed by atoms with van der Waals surface area (Å²) in [6, 6.07) is 15.5. The number of aliphatic carboxylic acids is 1. The van der Waals surface area contributed by atoms with E-state index >= 15 is 0 Å². The lowest BCUT2D eigenvalue weighted by molar-refractivity contribution is -0.178. The van der Waals surface area contributed by atoms with Gasteiger partial charge in [0, 0.05) is 6.42 Å². The van der Waals surface area contributed by atoms with Gasteiger partial charge < -0.3 is 10.4 Å². The summed E-state index contributed by atoms with van der Waals surface area (Å²) in [5, 5.41) is 11.3. The molecule has 2 aromatic rings. The molecular formula is C17H14F3NO3. The van der Waals surface area contributed by atoms with Gasteiger partial charge in [-0.05, 0) is 11.1 Å². The topological polar surface area (TPSA) is 66.4 Å². The smallest absolute Gasteiger partial charge is 0.471 e. The van der Waals surface area contributed by atoms with Crippen LogP contribution in [-0.4, -0.2) is 23.2 Å². The van der Waals surface area contributed by atoms with Crippen molar-refractivity contribution in [2.24, 2.45) is 0 Å². The predicted molar refractivity (Wildman–Crippen MR) is 80.1 cm³/mol. The fraction of sp³-hybridized carbons (Fsp3) is 0.176. The number of nitrogens with one attached hydrogen (secondary N) is 1. The van der Waals surface area contributed by atoms with Crippen LogP contribution < -0.4 is 5.32 Å². The number of hydrogen-bond acceptors (Lipinski definition) is 2. The quantitative estimate of drug-likeness (QED) is 0.882. The predicted octanol–water partition coefficient (Wildman–Crippen LogP) is 2.89. The number of carbonyl (C=O) groups excluding carboxylic acids is 1. The molecule has 0 aromatic heterocycles. The number of benzene rings is 2. The van der Waals surface area contributed by atoms with E-state index in [9.17, 15) is 27.9 Å². The highest BCUT2D eigenvalue weighted by molar-refractivity contribution is 5.90. The summed E-state index contributed by atoms with van der Waals surface area (Å²) >= 11 is 0. The fourth-order valence-corrected chi connectivity index (χ4v) is 2.36. The lowest BCUT2D eigenvalue weighted by atomic mass is 9.83. The van der Waals surface area contributed by atoms with Gasteiger partial charge in [-0.3, -0.25) is 4.79 Å². The largest absolute Gasteiger partial charge is 0.479 e. The third-order valence-corrected chi connectivity index (χ3v) is 3.53. The van der Waals surface area contributed by atoms with Crippen LogP contribution in [0.15, 0.2) is 60.7 Å². The first-order chi connectivity index (χ1) is 11.3. The maximum Gasteiger partial charge on any atom is 0.471 e. The molecule has 0 spiro atoms. The van der Waals surface area contributed by atoms with Crippen molar-refractivity contribution in [1.29, 1.82) is 0 Å². The number of alkyl halides is 3. The minimum atomic E-state index is -5.19. The van der Waals surface area contributed by atoms with Gasteiger partial charge in [-0.25, -0.2) is 4.79 Å². The molecule has 0 bridgehead atoms. The zero-order chi connectivity index (χ0) is 17.8. The molecule has 0 aliphatic heterocycles. The summed E-state index contributed by atoms with van der Waals surface area (Å²) in [6.07, 6.45) is -5.51. The number of halogens is 3. The summed E-state index contributed by atoms with van der Waals surface area (Å²) < 4.78 is 38.1. The van der Waals surface area contributed by atoms with Crippen molar-refractivity contribution in [2.75, 3.05) is 0 Å². The van der Waals surface area contributed by atoms with E-state index in [1.165, 1.54) is 24.3 Å². The maximum absolute atomic E-state index is 12.7. The lowest BCUT2D eigenvalue weighted by Gasteiger charge is -2.31. The number of carboxylic acids is 1.